The van der Waals surface area contributed by atoms with E-state index >= 15 is 0 Å². The van der Waals surface area contributed by atoms with Gasteiger partial charge in [0.25, 0.3) is 0 Å². The minimum Gasteiger partial charge on any atom is -0.497 e. The number of aromatic nitrogens is 1. The summed E-state index contributed by atoms with van der Waals surface area (Å²) < 4.78 is 5.18. The van der Waals surface area contributed by atoms with Crippen LogP contribution in [-0.2, 0) is 10.2 Å². The number of carboxylic acid groups (broad SMARTS) is 1. The first-order valence-corrected chi connectivity index (χ1v) is 5.56. The molecule has 1 fully saturated rings. The third kappa shape index (κ3) is 1.33. The van der Waals surface area contributed by atoms with Crippen LogP contribution >= 0.6 is 0 Å². The second-order valence-corrected chi connectivity index (χ2v) is 4.50. The zero-order chi connectivity index (χ0) is 12.0. The fourth-order valence-electron chi connectivity index (χ4n) is 2.35. The van der Waals surface area contributed by atoms with Gasteiger partial charge in [0.05, 0.1) is 12.5 Å². The van der Waals surface area contributed by atoms with Gasteiger partial charge in [-0.2, -0.15) is 0 Å². The summed E-state index contributed by atoms with van der Waals surface area (Å²) in [5, 5.41) is 10.3. The molecule has 17 heavy (non-hydrogen) atoms. The van der Waals surface area contributed by atoms with Crippen LogP contribution in [0.1, 0.15) is 18.4 Å². The summed E-state index contributed by atoms with van der Waals surface area (Å²) in [7, 11) is 1.61. The van der Waals surface area contributed by atoms with Crippen LogP contribution in [0.25, 0.3) is 10.9 Å². The number of hydrogen-bond donors (Lipinski definition) is 2. The second-order valence-electron chi connectivity index (χ2n) is 4.50. The maximum Gasteiger partial charge on any atom is 0.314 e. The van der Waals surface area contributed by atoms with Gasteiger partial charge in [0.15, 0.2) is 0 Å². The molecule has 0 atom stereocenters. The minimum atomic E-state index is -0.735. The highest BCUT2D eigenvalue weighted by Gasteiger charge is 2.52. The van der Waals surface area contributed by atoms with E-state index in [1.54, 1.807) is 7.11 Å². The Hall–Kier alpha value is -1.97. The lowest BCUT2D eigenvalue weighted by atomic mass is 9.96. The van der Waals surface area contributed by atoms with Crippen LogP contribution in [0.3, 0.4) is 0 Å². The lowest BCUT2D eigenvalue weighted by Gasteiger charge is -2.08. The summed E-state index contributed by atoms with van der Waals surface area (Å²) in [5.41, 5.74) is 1.15. The normalized spacial score (nSPS) is 17.0. The summed E-state index contributed by atoms with van der Waals surface area (Å²) in [6.45, 7) is 0. The van der Waals surface area contributed by atoms with E-state index in [0.717, 1.165) is 22.2 Å². The van der Waals surface area contributed by atoms with E-state index in [0.29, 0.717) is 12.8 Å². The lowest BCUT2D eigenvalue weighted by Crippen LogP contribution is -2.18. The molecule has 1 heterocycles. The van der Waals surface area contributed by atoms with E-state index in [2.05, 4.69) is 4.98 Å². The van der Waals surface area contributed by atoms with Gasteiger partial charge in [-0.15, -0.1) is 0 Å². The molecule has 4 heteroatoms. The molecule has 0 aliphatic heterocycles. The molecular formula is C13H13NO3. The topological polar surface area (TPSA) is 62.3 Å². The van der Waals surface area contributed by atoms with Crippen LogP contribution < -0.4 is 4.74 Å². The van der Waals surface area contributed by atoms with Crippen molar-refractivity contribution < 1.29 is 14.6 Å². The number of rotatable bonds is 3. The maximum atomic E-state index is 11.3. The number of carbonyl (C=O) groups is 1. The van der Waals surface area contributed by atoms with Gasteiger partial charge in [-0.1, -0.05) is 0 Å². The van der Waals surface area contributed by atoms with E-state index in [-0.39, 0.29) is 0 Å². The Morgan fingerprint density at radius 1 is 1.47 bits per heavy atom. The van der Waals surface area contributed by atoms with Crippen molar-refractivity contribution in [2.45, 2.75) is 18.3 Å². The molecule has 1 aromatic carbocycles. The van der Waals surface area contributed by atoms with Gasteiger partial charge < -0.3 is 14.8 Å². The van der Waals surface area contributed by atoms with Crippen molar-refractivity contribution in [1.29, 1.82) is 0 Å². The van der Waals surface area contributed by atoms with Crippen LogP contribution in [-0.4, -0.2) is 23.2 Å². The Bertz CT molecular complexity index is 596. The van der Waals surface area contributed by atoms with Crippen LogP contribution in [0.4, 0.5) is 0 Å². The van der Waals surface area contributed by atoms with E-state index < -0.39 is 11.4 Å². The summed E-state index contributed by atoms with van der Waals surface area (Å²) >= 11 is 0. The van der Waals surface area contributed by atoms with Crippen molar-refractivity contribution in [2.75, 3.05) is 7.11 Å². The first-order valence-electron chi connectivity index (χ1n) is 5.56. The number of benzene rings is 1. The molecule has 1 aromatic heterocycles. The highest BCUT2D eigenvalue weighted by molar-refractivity contribution is 5.94. The molecule has 2 aromatic rings. The van der Waals surface area contributed by atoms with E-state index in [1.807, 2.05) is 24.4 Å². The summed E-state index contributed by atoms with van der Waals surface area (Å²) in [4.78, 5) is 14.5. The Morgan fingerprint density at radius 3 is 2.82 bits per heavy atom. The fourth-order valence-corrected chi connectivity index (χ4v) is 2.35. The van der Waals surface area contributed by atoms with Gasteiger partial charge in [-0.05, 0) is 36.6 Å². The van der Waals surface area contributed by atoms with Gasteiger partial charge in [0.2, 0.25) is 0 Å². The predicted octanol–water partition coefficient (Wildman–Crippen LogP) is 2.29. The smallest absolute Gasteiger partial charge is 0.314 e. The highest BCUT2D eigenvalue weighted by atomic mass is 16.5. The van der Waals surface area contributed by atoms with Gasteiger partial charge in [-0.3, -0.25) is 4.79 Å². The largest absolute Gasteiger partial charge is 0.497 e. The third-order valence-corrected chi connectivity index (χ3v) is 3.56. The van der Waals surface area contributed by atoms with Crippen molar-refractivity contribution in [2.24, 2.45) is 0 Å². The number of methoxy groups -OCH3 is 1. The van der Waals surface area contributed by atoms with Crippen LogP contribution in [0.15, 0.2) is 24.4 Å². The molecule has 0 bridgehead atoms. The first kappa shape index (κ1) is 10.2. The van der Waals surface area contributed by atoms with E-state index in [9.17, 15) is 9.90 Å². The third-order valence-electron chi connectivity index (χ3n) is 3.56. The molecule has 0 radical (unpaired) electrons. The van der Waals surface area contributed by atoms with Gasteiger partial charge >= 0.3 is 5.97 Å². The Kier molecular flexibility index (Phi) is 1.96. The molecule has 3 rings (SSSR count). The fraction of sp³-hybridized carbons (Fsp3) is 0.308. The first-order chi connectivity index (χ1) is 8.17. The van der Waals surface area contributed by atoms with E-state index in [4.69, 9.17) is 4.74 Å². The van der Waals surface area contributed by atoms with Crippen molar-refractivity contribution >= 4 is 16.9 Å². The van der Waals surface area contributed by atoms with Crippen molar-refractivity contribution in [3.63, 3.8) is 0 Å². The number of aromatic amines is 1. The molecule has 4 nitrogen and oxygen atoms in total. The molecule has 0 saturated heterocycles. The highest BCUT2D eigenvalue weighted by Crippen LogP contribution is 2.50. The van der Waals surface area contributed by atoms with Gasteiger partial charge in [0, 0.05) is 17.1 Å². The molecule has 88 valence electrons. The number of ether oxygens (including phenoxy) is 1. The maximum absolute atomic E-state index is 11.3. The number of carboxylic acids is 1. The molecule has 0 spiro atoms. The predicted molar refractivity (Wildman–Crippen MR) is 63.4 cm³/mol. The Labute approximate surface area is 98.2 Å². The second kappa shape index (κ2) is 3.26. The van der Waals surface area contributed by atoms with Crippen LogP contribution in [0.2, 0.25) is 0 Å². The molecular weight excluding hydrogens is 218 g/mol. The number of fused-ring (bicyclic) bond motifs is 1. The molecule has 1 aliphatic rings. The minimum absolute atomic E-state index is 0.676. The average Bonchev–Trinajstić information content (AvgIpc) is 3.03. The van der Waals surface area contributed by atoms with E-state index in [1.165, 1.54) is 0 Å². The zero-order valence-corrected chi connectivity index (χ0v) is 9.49. The molecule has 0 unspecified atom stereocenters. The molecule has 0 amide bonds. The lowest BCUT2D eigenvalue weighted by molar-refractivity contribution is -0.140. The quantitative estimate of drug-likeness (QED) is 0.851. The van der Waals surface area contributed by atoms with Crippen molar-refractivity contribution in [3.8, 4) is 5.75 Å². The summed E-state index contributed by atoms with van der Waals surface area (Å²) in [5.74, 6) is 0.0146. The summed E-state index contributed by atoms with van der Waals surface area (Å²) in [6, 6.07) is 5.67. The number of hydrogen-bond acceptors (Lipinski definition) is 2. The van der Waals surface area contributed by atoms with Gasteiger partial charge in [0.1, 0.15) is 5.75 Å². The van der Waals surface area contributed by atoms with Crippen LogP contribution in [0, 0.1) is 0 Å². The van der Waals surface area contributed by atoms with Crippen molar-refractivity contribution in [3.05, 3.63) is 30.0 Å². The monoisotopic (exact) mass is 231 g/mol. The van der Waals surface area contributed by atoms with Crippen LogP contribution in [0.5, 0.6) is 5.75 Å². The number of aliphatic carboxylic acids is 1. The number of H-pyrrole nitrogens is 1. The number of nitrogens with one attached hydrogen (secondary N) is 1. The van der Waals surface area contributed by atoms with Crippen molar-refractivity contribution in [1.82, 2.24) is 4.98 Å². The molecule has 2 N–H and O–H groups in total. The SMILES string of the molecule is COc1ccc2[nH]cc(C3(C(=O)O)CC3)c2c1. The molecule has 1 aliphatic carbocycles. The average molecular weight is 231 g/mol. The zero-order valence-electron chi connectivity index (χ0n) is 9.49. The summed E-state index contributed by atoms with van der Waals surface area (Å²) in [6.07, 6.45) is 3.24. The standard InChI is InChI=1S/C13H13NO3/c1-17-8-2-3-11-9(6-8)10(7-14-11)13(4-5-13)12(15)16/h2-3,6-7,14H,4-5H2,1H3,(H,15,16). The molecule has 1 saturated carbocycles. The Morgan fingerprint density at radius 2 is 2.24 bits per heavy atom. The van der Waals surface area contributed by atoms with Gasteiger partial charge in [-0.25, -0.2) is 0 Å². The Balaban J connectivity index is 2.20.